The molecule has 1 aromatic carbocycles. The zero-order chi connectivity index (χ0) is 31.4. The first kappa shape index (κ1) is 28.6. The van der Waals surface area contributed by atoms with E-state index in [0.717, 1.165) is 10.5 Å². The number of benzene rings is 1. The molecule has 230 valence electrons. The van der Waals surface area contributed by atoms with Crippen molar-refractivity contribution in [3.05, 3.63) is 61.7 Å². The standard InChI is InChI=1S/C31H31FN4O8/c1-4-31(43)17-7-21-25-15(9-36(21)29(41)16(17)11-44-30(31)42)24-19(6-5-14-12(2)18(32)8-20(33-25)23(14)24)34-28(40)26-27(39)22(38)10-35(26)13(3)37/h7-8,19,22,26-27,38-39,43H,4-6,9-11H2,1-3H3,(H,34,40)/t19-,22?,26?,27?,31-/m0/s1. The molecule has 5 atom stereocenters. The highest BCUT2D eigenvalue weighted by molar-refractivity contribution is 5.95. The van der Waals surface area contributed by atoms with Gasteiger partial charge in [0, 0.05) is 29.5 Å². The molecule has 4 N–H and O–H groups in total. The summed E-state index contributed by atoms with van der Waals surface area (Å²) in [5, 5.41) is 35.7. The van der Waals surface area contributed by atoms with E-state index in [1.165, 1.54) is 17.6 Å². The normalized spacial score (nSPS) is 26.7. The van der Waals surface area contributed by atoms with E-state index in [1.54, 1.807) is 19.9 Å². The van der Waals surface area contributed by atoms with Gasteiger partial charge in [0.25, 0.3) is 5.56 Å². The number of nitrogens with one attached hydrogen (secondary N) is 1. The fraction of sp³-hybridized carbons (Fsp3) is 0.452. The Labute approximate surface area is 250 Å². The number of aliphatic hydroxyl groups excluding tert-OH is 2. The molecule has 13 heteroatoms. The molecule has 0 radical (unpaired) electrons. The van der Waals surface area contributed by atoms with Crippen LogP contribution in [-0.2, 0) is 44.3 Å². The van der Waals surface area contributed by atoms with Crippen molar-refractivity contribution in [3.63, 3.8) is 0 Å². The number of nitrogens with zero attached hydrogens (tertiary/aromatic N) is 3. The molecule has 1 fully saturated rings. The number of cyclic esters (lactones) is 1. The molecule has 44 heavy (non-hydrogen) atoms. The Morgan fingerprint density at radius 1 is 1.20 bits per heavy atom. The SMILES string of the molecule is CC[C@@]1(O)C(=O)OCc2c1cc1n(c2=O)Cc2c-1nc1cc(F)c(C)c3c1c2[C@@H](NC(=O)C1C(O)C(O)CN1C(C)=O)CC3. The first-order valence-corrected chi connectivity index (χ1v) is 14.6. The Hall–Kier alpha value is -4.20. The van der Waals surface area contributed by atoms with E-state index in [2.05, 4.69) is 5.32 Å². The van der Waals surface area contributed by atoms with Crippen LogP contribution in [0.3, 0.4) is 0 Å². The van der Waals surface area contributed by atoms with Crippen LogP contribution in [0.25, 0.3) is 22.3 Å². The van der Waals surface area contributed by atoms with Gasteiger partial charge in [0.2, 0.25) is 11.8 Å². The first-order valence-electron chi connectivity index (χ1n) is 14.6. The molecule has 2 amide bonds. The van der Waals surface area contributed by atoms with Crippen LogP contribution in [0.4, 0.5) is 4.39 Å². The molecular weight excluding hydrogens is 575 g/mol. The average molecular weight is 607 g/mol. The molecule has 5 heterocycles. The molecule has 2 aromatic heterocycles. The number of aromatic nitrogens is 2. The predicted molar refractivity (Wildman–Crippen MR) is 152 cm³/mol. The van der Waals surface area contributed by atoms with Crippen LogP contribution in [0.2, 0.25) is 0 Å². The molecule has 4 aliphatic rings. The number of ether oxygens (including phenoxy) is 1. The number of halogens is 1. The van der Waals surface area contributed by atoms with Crippen LogP contribution in [0, 0.1) is 12.7 Å². The van der Waals surface area contributed by atoms with Crippen molar-refractivity contribution in [1.82, 2.24) is 19.8 Å². The van der Waals surface area contributed by atoms with Crippen molar-refractivity contribution < 1.29 is 38.8 Å². The van der Waals surface area contributed by atoms with E-state index in [1.807, 2.05) is 0 Å². The van der Waals surface area contributed by atoms with Gasteiger partial charge in [-0.3, -0.25) is 14.4 Å². The molecule has 0 bridgehead atoms. The minimum atomic E-state index is -2.02. The van der Waals surface area contributed by atoms with Gasteiger partial charge in [0.15, 0.2) is 5.60 Å². The smallest absolute Gasteiger partial charge is 0.343 e. The maximum Gasteiger partial charge on any atom is 0.343 e. The van der Waals surface area contributed by atoms with Crippen LogP contribution >= 0.6 is 0 Å². The van der Waals surface area contributed by atoms with Gasteiger partial charge < -0.3 is 34.8 Å². The van der Waals surface area contributed by atoms with E-state index in [4.69, 9.17) is 9.72 Å². The van der Waals surface area contributed by atoms with Crippen molar-refractivity contribution >= 4 is 28.7 Å². The number of likely N-dealkylation sites (tertiary alicyclic amines) is 1. The molecule has 3 aliphatic heterocycles. The van der Waals surface area contributed by atoms with E-state index < -0.39 is 59.1 Å². The number of esters is 1. The molecular formula is C31H31FN4O8. The number of carbonyl (C=O) groups excluding carboxylic acids is 3. The number of hydrogen-bond acceptors (Lipinski definition) is 9. The number of aryl methyl sites for hydroxylation is 1. The van der Waals surface area contributed by atoms with Crippen molar-refractivity contribution in [3.8, 4) is 11.4 Å². The number of β-amino-alcohol motifs (C(OH)–C–C–N with tert-alkyl or cyclic N) is 1. The summed E-state index contributed by atoms with van der Waals surface area (Å²) in [5.74, 6) is -2.42. The Kier molecular flexibility index (Phi) is 6.26. The van der Waals surface area contributed by atoms with E-state index >= 15 is 4.39 Å². The predicted octanol–water partition coefficient (Wildman–Crippen LogP) is 0.583. The Balaban J connectivity index is 1.41. The van der Waals surface area contributed by atoms with Crippen molar-refractivity contribution in [2.75, 3.05) is 6.54 Å². The summed E-state index contributed by atoms with van der Waals surface area (Å²) in [6, 6.07) is 0.923. The number of carbonyl (C=O) groups is 3. The molecule has 12 nitrogen and oxygen atoms in total. The second-order valence-corrected chi connectivity index (χ2v) is 12.1. The third-order valence-corrected chi connectivity index (χ3v) is 9.80. The molecule has 1 saturated heterocycles. The Bertz CT molecular complexity index is 1890. The summed E-state index contributed by atoms with van der Waals surface area (Å²) in [5.41, 5.74) is 1.32. The third-order valence-electron chi connectivity index (χ3n) is 9.80. The van der Waals surface area contributed by atoms with E-state index in [0.29, 0.717) is 51.8 Å². The topological polar surface area (TPSA) is 171 Å². The summed E-state index contributed by atoms with van der Waals surface area (Å²) in [6.45, 7) is 4.14. The monoisotopic (exact) mass is 606 g/mol. The van der Waals surface area contributed by atoms with Crippen molar-refractivity contribution in [2.45, 2.75) is 83.1 Å². The quantitative estimate of drug-likeness (QED) is 0.244. The highest BCUT2D eigenvalue weighted by Gasteiger charge is 2.48. The number of pyridine rings is 2. The average Bonchev–Trinajstić information content (AvgIpc) is 3.51. The van der Waals surface area contributed by atoms with Gasteiger partial charge in [-0.25, -0.2) is 14.2 Å². The molecule has 0 spiro atoms. The lowest BCUT2D eigenvalue weighted by atomic mass is 9.81. The van der Waals surface area contributed by atoms with E-state index in [-0.39, 0.29) is 37.2 Å². The maximum absolute atomic E-state index is 15.2. The number of rotatable bonds is 3. The van der Waals surface area contributed by atoms with Gasteiger partial charge in [-0.1, -0.05) is 6.92 Å². The summed E-state index contributed by atoms with van der Waals surface area (Å²) >= 11 is 0. The Morgan fingerprint density at radius 3 is 2.66 bits per heavy atom. The molecule has 7 rings (SSSR count). The second kappa shape index (κ2) is 9.65. The third kappa shape index (κ3) is 3.75. The van der Waals surface area contributed by atoms with Crippen molar-refractivity contribution in [2.24, 2.45) is 0 Å². The summed E-state index contributed by atoms with van der Waals surface area (Å²) in [6.07, 6.45) is -2.01. The fourth-order valence-corrected chi connectivity index (χ4v) is 7.40. The largest absolute Gasteiger partial charge is 0.458 e. The molecule has 0 saturated carbocycles. The van der Waals surface area contributed by atoms with Crippen LogP contribution in [0.15, 0.2) is 16.9 Å². The number of fused-ring (bicyclic) bond motifs is 5. The molecule has 1 aliphatic carbocycles. The summed E-state index contributed by atoms with van der Waals surface area (Å²) in [4.78, 5) is 58.2. The van der Waals surface area contributed by atoms with Crippen LogP contribution in [0.1, 0.15) is 66.1 Å². The number of aliphatic hydroxyl groups is 3. The first-order chi connectivity index (χ1) is 20.9. The summed E-state index contributed by atoms with van der Waals surface area (Å²) < 4.78 is 21.8. The van der Waals surface area contributed by atoms with Crippen LogP contribution in [-0.4, -0.2) is 72.3 Å². The lowest BCUT2D eigenvalue weighted by Crippen LogP contribution is -2.51. The lowest BCUT2D eigenvalue weighted by Gasteiger charge is -2.32. The minimum absolute atomic E-state index is 0.0219. The zero-order valence-electron chi connectivity index (χ0n) is 24.3. The van der Waals surface area contributed by atoms with Gasteiger partial charge in [0.1, 0.15) is 24.6 Å². The van der Waals surface area contributed by atoms with Gasteiger partial charge in [0.05, 0.1) is 47.7 Å². The highest BCUT2D eigenvalue weighted by Crippen LogP contribution is 2.46. The maximum atomic E-state index is 15.2. The number of hydrogen-bond donors (Lipinski definition) is 4. The van der Waals surface area contributed by atoms with Gasteiger partial charge in [-0.15, -0.1) is 0 Å². The minimum Gasteiger partial charge on any atom is -0.458 e. The van der Waals surface area contributed by atoms with Crippen LogP contribution < -0.4 is 10.9 Å². The second-order valence-electron chi connectivity index (χ2n) is 12.1. The highest BCUT2D eigenvalue weighted by atomic mass is 19.1. The number of amides is 2. The zero-order valence-corrected chi connectivity index (χ0v) is 24.3. The lowest BCUT2D eigenvalue weighted by molar-refractivity contribution is -0.172. The van der Waals surface area contributed by atoms with Crippen LogP contribution in [0.5, 0.6) is 0 Å². The van der Waals surface area contributed by atoms with Gasteiger partial charge in [-0.2, -0.15) is 0 Å². The molecule has 3 unspecified atom stereocenters. The van der Waals surface area contributed by atoms with E-state index in [9.17, 15) is 34.5 Å². The van der Waals surface area contributed by atoms with Gasteiger partial charge in [-0.05, 0) is 48.9 Å². The Morgan fingerprint density at radius 2 is 1.95 bits per heavy atom. The fourth-order valence-electron chi connectivity index (χ4n) is 7.40. The van der Waals surface area contributed by atoms with Crippen molar-refractivity contribution in [1.29, 1.82) is 0 Å². The molecule has 3 aromatic rings. The summed E-state index contributed by atoms with van der Waals surface area (Å²) in [7, 11) is 0. The van der Waals surface area contributed by atoms with Gasteiger partial charge >= 0.3 is 5.97 Å².